The second kappa shape index (κ2) is 7.31. The molecule has 0 aromatic heterocycles. The fourth-order valence-corrected chi connectivity index (χ4v) is 2.55. The zero-order chi connectivity index (χ0) is 11.9. The molecule has 2 aliphatic rings. The minimum absolute atomic E-state index is 0.580. The zero-order valence-corrected chi connectivity index (χ0v) is 11.0. The van der Waals surface area contributed by atoms with Gasteiger partial charge < -0.3 is 14.8 Å². The van der Waals surface area contributed by atoms with Gasteiger partial charge in [0.2, 0.25) is 0 Å². The van der Waals surface area contributed by atoms with E-state index in [0.717, 1.165) is 58.5 Å². The largest absolute Gasteiger partial charge is 0.381 e. The van der Waals surface area contributed by atoms with Gasteiger partial charge in [0, 0.05) is 38.9 Å². The third-order valence-electron chi connectivity index (χ3n) is 3.73. The molecule has 0 saturated carbocycles. The van der Waals surface area contributed by atoms with Crippen molar-refractivity contribution in [3.05, 3.63) is 0 Å². The Morgan fingerprint density at radius 2 is 1.76 bits per heavy atom. The minimum Gasteiger partial charge on any atom is -0.381 e. The lowest BCUT2D eigenvalue weighted by Crippen LogP contribution is -2.45. The van der Waals surface area contributed by atoms with Crippen molar-refractivity contribution in [1.29, 1.82) is 0 Å². The summed E-state index contributed by atoms with van der Waals surface area (Å²) >= 11 is 0. The molecule has 0 aromatic rings. The Labute approximate surface area is 105 Å². The second-order valence-corrected chi connectivity index (χ2v) is 5.28. The zero-order valence-electron chi connectivity index (χ0n) is 11.0. The van der Waals surface area contributed by atoms with Crippen LogP contribution in [0, 0.1) is 5.92 Å². The molecule has 4 heteroatoms. The molecule has 1 unspecified atom stereocenters. The number of ether oxygens (including phenoxy) is 2. The summed E-state index contributed by atoms with van der Waals surface area (Å²) in [6, 6.07) is 0.580. The van der Waals surface area contributed by atoms with E-state index in [-0.39, 0.29) is 0 Å². The molecule has 1 atom stereocenters. The summed E-state index contributed by atoms with van der Waals surface area (Å²) in [5, 5.41) is 3.66. The molecular weight excluding hydrogens is 216 g/mol. The van der Waals surface area contributed by atoms with Gasteiger partial charge in [0.1, 0.15) is 0 Å². The predicted octanol–water partition coefficient (Wildman–Crippen LogP) is 0.723. The summed E-state index contributed by atoms with van der Waals surface area (Å²) in [6.45, 7) is 10.4. The summed E-state index contributed by atoms with van der Waals surface area (Å²) in [7, 11) is 0. The molecule has 0 amide bonds. The van der Waals surface area contributed by atoms with Crippen LogP contribution in [-0.2, 0) is 9.47 Å². The lowest BCUT2D eigenvalue weighted by molar-refractivity contribution is 0.0331. The third kappa shape index (κ3) is 4.92. The Bertz CT molecular complexity index is 202. The molecule has 4 nitrogen and oxygen atoms in total. The van der Waals surface area contributed by atoms with E-state index >= 15 is 0 Å². The van der Waals surface area contributed by atoms with Crippen LogP contribution in [0.5, 0.6) is 0 Å². The first-order valence-electron chi connectivity index (χ1n) is 6.96. The molecule has 0 radical (unpaired) electrons. The fraction of sp³-hybridized carbons (Fsp3) is 1.00. The molecule has 2 rings (SSSR count). The number of rotatable bonds is 5. The van der Waals surface area contributed by atoms with Crippen molar-refractivity contribution < 1.29 is 9.47 Å². The number of nitrogens with zero attached hydrogens (tertiary/aromatic N) is 1. The van der Waals surface area contributed by atoms with E-state index in [1.165, 1.54) is 12.8 Å². The molecule has 100 valence electrons. The van der Waals surface area contributed by atoms with Crippen LogP contribution in [0.1, 0.15) is 19.8 Å². The summed E-state index contributed by atoms with van der Waals surface area (Å²) in [5.41, 5.74) is 0. The Morgan fingerprint density at radius 3 is 2.47 bits per heavy atom. The molecule has 2 aliphatic heterocycles. The molecule has 2 saturated heterocycles. The van der Waals surface area contributed by atoms with Gasteiger partial charge in [-0.1, -0.05) is 0 Å². The van der Waals surface area contributed by atoms with Crippen LogP contribution in [0.3, 0.4) is 0 Å². The minimum atomic E-state index is 0.580. The average molecular weight is 242 g/mol. The van der Waals surface area contributed by atoms with E-state index in [4.69, 9.17) is 9.47 Å². The highest BCUT2D eigenvalue weighted by Crippen LogP contribution is 2.13. The summed E-state index contributed by atoms with van der Waals surface area (Å²) in [4.78, 5) is 2.49. The molecule has 0 aliphatic carbocycles. The van der Waals surface area contributed by atoms with Gasteiger partial charge in [-0.15, -0.1) is 0 Å². The topological polar surface area (TPSA) is 33.7 Å². The highest BCUT2D eigenvalue weighted by Gasteiger charge is 2.16. The highest BCUT2D eigenvalue weighted by atomic mass is 16.5. The quantitative estimate of drug-likeness (QED) is 0.770. The summed E-state index contributed by atoms with van der Waals surface area (Å²) in [5.74, 6) is 0.816. The van der Waals surface area contributed by atoms with Crippen molar-refractivity contribution in [3.63, 3.8) is 0 Å². The summed E-state index contributed by atoms with van der Waals surface area (Å²) in [6.07, 6.45) is 2.44. The molecule has 0 aromatic carbocycles. The van der Waals surface area contributed by atoms with Gasteiger partial charge in [-0.2, -0.15) is 0 Å². The van der Waals surface area contributed by atoms with Gasteiger partial charge >= 0.3 is 0 Å². The first-order chi connectivity index (χ1) is 8.34. The maximum atomic E-state index is 5.38. The van der Waals surface area contributed by atoms with Gasteiger partial charge in [0.25, 0.3) is 0 Å². The van der Waals surface area contributed by atoms with Crippen LogP contribution >= 0.6 is 0 Å². The van der Waals surface area contributed by atoms with Crippen molar-refractivity contribution in [2.45, 2.75) is 25.8 Å². The second-order valence-electron chi connectivity index (χ2n) is 5.28. The van der Waals surface area contributed by atoms with Crippen molar-refractivity contribution in [3.8, 4) is 0 Å². The van der Waals surface area contributed by atoms with Gasteiger partial charge in [-0.25, -0.2) is 0 Å². The number of hydrogen-bond acceptors (Lipinski definition) is 4. The molecule has 2 fully saturated rings. The third-order valence-corrected chi connectivity index (χ3v) is 3.73. The average Bonchev–Trinajstić information content (AvgIpc) is 2.39. The number of morpholine rings is 1. The maximum absolute atomic E-state index is 5.38. The van der Waals surface area contributed by atoms with Crippen molar-refractivity contribution in [2.75, 3.05) is 52.6 Å². The van der Waals surface area contributed by atoms with Crippen LogP contribution in [0.25, 0.3) is 0 Å². The van der Waals surface area contributed by atoms with Gasteiger partial charge in [-0.05, 0) is 32.2 Å². The molecular formula is C13H26N2O2. The summed E-state index contributed by atoms with van der Waals surface area (Å²) < 4.78 is 10.7. The van der Waals surface area contributed by atoms with Crippen LogP contribution < -0.4 is 5.32 Å². The molecule has 0 spiro atoms. The van der Waals surface area contributed by atoms with Crippen LogP contribution in [0.2, 0.25) is 0 Å². The Hall–Kier alpha value is -0.160. The Kier molecular flexibility index (Phi) is 5.71. The molecule has 17 heavy (non-hydrogen) atoms. The van der Waals surface area contributed by atoms with Crippen LogP contribution in [0.15, 0.2) is 0 Å². The predicted molar refractivity (Wildman–Crippen MR) is 68.3 cm³/mol. The first-order valence-corrected chi connectivity index (χ1v) is 6.96. The van der Waals surface area contributed by atoms with E-state index in [2.05, 4.69) is 17.1 Å². The van der Waals surface area contributed by atoms with Crippen molar-refractivity contribution in [1.82, 2.24) is 10.2 Å². The van der Waals surface area contributed by atoms with E-state index < -0.39 is 0 Å². The van der Waals surface area contributed by atoms with E-state index in [9.17, 15) is 0 Å². The Balaban J connectivity index is 1.57. The molecule has 1 N–H and O–H groups in total. The molecule has 2 heterocycles. The number of hydrogen-bond donors (Lipinski definition) is 1. The SMILES string of the molecule is CC(CN1CCOCC1)NCC1CCOCC1. The monoisotopic (exact) mass is 242 g/mol. The van der Waals surface area contributed by atoms with Gasteiger partial charge in [0.15, 0.2) is 0 Å². The van der Waals surface area contributed by atoms with E-state index in [1.807, 2.05) is 0 Å². The van der Waals surface area contributed by atoms with Gasteiger partial charge in [-0.3, -0.25) is 4.90 Å². The van der Waals surface area contributed by atoms with Crippen molar-refractivity contribution >= 4 is 0 Å². The lowest BCUT2D eigenvalue weighted by atomic mass is 10.0. The van der Waals surface area contributed by atoms with Crippen LogP contribution in [0.4, 0.5) is 0 Å². The number of nitrogens with one attached hydrogen (secondary N) is 1. The fourth-order valence-electron chi connectivity index (χ4n) is 2.55. The maximum Gasteiger partial charge on any atom is 0.0594 e. The molecule has 0 bridgehead atoms. The standard InChI is InChI=1S/C13H26N2O2/c1-12(11-15-4-8-17-9-5-15)14-10-13-2-6-16-7-3-13/h12-14H,2-11H2,1H3. The van der Waals surface area contributed by atoms with Crippen LogP contribution in [-0.4, -0.2) is 63.5 Å². The highest BCUT2D eigenvalue weighted by molar-refractivity contribution is 4.73. The van der Waals surface area contributed by atoms with E-state index in [0.29, 0.717) is 6.04 Å². The van der Waals surface area contributed by atoms with E-state index in [1.54, 1.807) is 0 Å². The van der Waals surface area contributed by atoms with Gasteiger partial charge in [0.05, 0.1) is 13.2 Å². The normalized spacial score (nSPS) is 25.9. The lowest BCUT2D eigenvalue weighted by Gasteiger charge is -2.30. The van der Waals surface area contributed by atoms with Crippen molar-refractivity contribution in [2.24, 2.45) is 5.92 Å². The Morgan fingerprint density at radius 1 is 1.12 bits per heavy atom. The smallest absolute Gasteiger partial charge is 0.0594 e. The first kappa shape index (κ1) is 13.3.